The van der Waals surface area contributed by atoms with Crippen LogP contribution < -0.4 is 5.73 Å². The number of nitrogens with zero attached hydrogens (tertiary/aromatic N) is 2. The molecule has 3 N–H and O–H groups in total. The quantitative estimate of drug-likeness (QED) is 0.608. The maximum Gasteiger partial charge on any atom is 0.248 e. The van der Waals surface area contributed by atoms with E-state index in [9.17, 15) is 4.79 Å². The van der Waals surface area contributed by atoms with Crippen LogP contribution in [0.2, 0.25) is 0 Å². The van der Waals surface area contributed by atoms with E-state index in [1.165, 1.54) is 0 Å². The summed E-state index contributed by atoms with van der Waals surface area (Å²) >= 11 is 0. The van der Waals surface area contributed by atoms with Crippen molar-refractivity contribution in [3.8, 4) is 22.3 Å². The monoisotopic (exact) mass is 314 g/mol. The van der Waals surface area contributed by atoms with Gasteiger partial charge in [-0.3, -0.25) is 9.78 Å². The summed E-state index contributed by atoms with van der Waals surface area (Å²) in [5.41, 5.74) is 10.6. The fourth-order valence-corrected chi connectivity index (χ4v) is 2.77. The normalized spacial score (nSPS) is 10.8. The Bertz CT molecular complexity index is 1040. The topological polar surface area (TPSA) is 84.7 Å². The number of pyridine rings is 2. The number of amides is 1. The van der Waals surface area contributed by atoms with Crippen molar-refractivity contribution in [2.75, 3.05) is 0 Å². The van der Waals surface area contributed by atoms with Gasteiger partial charge in [-0.1, -0.05) is 18.2 Å². The van der Waals surface area contributed by atoms with Gasteiger partial charge in [0.2, 0.25) is 5.91 Å². The third-order valence-corrected chi connectivity index (χ3v) is 3.98. The Kier molecular flexibility index (Phi) is 3.31. The van der Waals surface area contributed by atoms with Crippen LogP contribution in [-0.2, 0) is 0 Å². The smallest absolute Gasteiger partial charge is 0.248 e. The van der Waals surface area contributed by atoms with Crippen LogP contribution in [0.3, 0.4) is 0 Å². The van der Waals surface area contributed by atoms with Crippen LogP contribution in [0.5, 0.6) is 0 Å². The Labute approximate surface area is 138 Å². The first kappa shape index (κ1) is 14.1. The minimum Gasteiger partial charge on any atom is -0.366 e. The van der Waals surface area contributed by atoms with Gasteiger partial charge in [0, 0.05) is 52.4 Å². The molecule has 0 aliphatic rings. The summed E-state index contributed by atoms with van der Waals surface area (Å²) in [6.07, 6.45) is 7.26. The molecule has 3 heterocycles. The Morgan fingerprint density at radius 1 is 1.00 bits per heavy atom. The van der Waals surface area contributed by atoms with Crippen molar-refractivity contribution < 1.29 is 4.79 Å². The van der Waals surface area contributed by atoms with E-state index in [0.29, 0.717) is 5.56 Å². The molecule has 4 aromatic rings. The van der Waals surface area contributed by atoms with Gasteiger partial charge in [0.05, 0.1) is 0 Å². The maximum atomic E-state index is 11.4. The van der Waals surface area contributed by atoms with Crippen molar-refractivity contribution in [1.29, 1.82) is 0 Å². The second-order valence-corrected chi connectivity index (χ2v) is 5.51. The second-order valence-electron chi connectivity index (χ2n) is 5.51. The summed E-state index contributed by atoms with van der Waals surface area (Å²) in [6.45, 7) is 0. The molecule has 1 aromatic carbocycles. The number of aromatic nitrogens is 3. The molecule has 0 unspecified atom stereocenters. The van der Waals surface area contributed by atoms with Gasteiger partial charge < -0.3 is 10.7 Å². The Morgan fingerprint density at radius 2 is 1.88 bits per heavy atom. The van der Waals surface area contributed by atoms with Gasteiger partial charge in [-0.05, 0) is 29.8 Å². The first-order valence-electron chi connectivity index (χ1n) is 7.50. The summed E-state index contributed by atoms with van der Waals surface area (Å²) in [4.78, 5) is 23.2. The summed E-state index contributed by atoms with van der Waals surface area (Å²) in [7, 11) is 0. The van der Waals surface area contributed by atoms with E-state index < -0.39 is 5.91 Å². The molecule has 5 nitrogen and oxygen atoms in total. The van der Waals surface area contributed by atoms with Crippen LogP contribution in [0, 0.1) is 0 Å². The van der Waals surface area contributed by atoms with Gasteiger partial charge in [-0.25, -0.2) is 4.98 Å². The SMILES string of the molecule is NC(=O)c1cccc(-c2c[nH]c3ncc(-c4cccnc4)cc23)c1. The molecule has 0 radical (unpaired) electrons. The molecule has 116 valence electrons. The summed E-state index contributed by atoms with van der Waals surface area (Å²) in [5, 5.41) is 0.984. The predicted octanol–water partition coefficient (Wildman–Crippen LogP) is 3.39. The van der Waals surface area contributed by atoms with Crippen LogP contribution in [-0.4, -0.2) is 20.9 Å². The molecular weight excluding hydrogens is 300 g/mol. The van der Waals surface area contributed by atoms with Gasteiger partial charge in [0.25, 0.3) is 0 Å². The van der Waals surface area contributed by atoms with Crippen molar-refractivity contribution in [3.63, 3.8) is 0 Å². The van der Waals surface area contributed by atoms with E-state index in [2.05, 4.69) is 21.0 Å². The van der Waals surface area contributed by atoms with Gasteiger partial charge in [-0.2, -0.15) is 0 Å². The zero-order valence-corrected chi connectivity index (χ0v) is 12.7. The number of hydrogen-bond acceptors (Lipinski definition) is 3. The van der Waals surface area contributed by atoms with Gasteiger partial charge in [0.1, 0.15) is 5.65 Å². The van der Waals surface area contributed by atoms with Crippen LogP contribution in [0.15, 0.2) is 67.3 Å². The zero-order chi connectivity index (χ0) is 16.5. The molecule has 0 saturated carbocycles. The van der Waals surface area contributed by atoms with E-state index in [1.54, 1.807) is 18.3 Å². The largest absolute Gasteiger partial charge is 0.366 e. The number of hydrogen-bond donors (Lipinski definition) is 2. The third kappa shape index (κ3) is 2.42. The Hall–Kier alpha value is -3.47. The first-order chi connectivity index (χ1) is 11.7. The van der Waals surface area contributed by atoms with Crippen molar-refractivity contribution in [1.82, 2.24) is 15.0 Å². The molecule has 0 fully saturated rings. The van der Waals surface area contributed by atoms with Gasteiger partial charge in [-0.15, -0.1) is 0 Å². The standard InChI is InChI=1S/C19H14N4O/c20-18(24)13-4-1-3-12(7-13)17-11-23-19-16(17)8-15(10-22-19)14-5-2-6-21-9-14/h1-11H,(H2,20,24)(H,22,23). The lowest BCUT2D eigenvalue weighted by atomic mass is 10.0. The highest BCUT2D eigenvalue weighted by Gasteiger charge is 2.10. The molecule has 0 saturated heterocycles. The van der Waals surface area contributed by atoms with Gasteiger partial charge in [0.15, 0.2) is 0 Å². The second kappa shape index (κ2) is 5.62. The van der Waals surface area contributed by atoms with Crippen LogP contribution in [0.25, 0.3) is 33.3 Å². The van der Waals surface area contributed by atoms with Crippen molar-refractivity contribution in [2.24, 2.45) is 5.73 Å². The van der Waals surface area contributed by atoms with Crippen LogP contribution >= 0.6 is 0 Å². The van der Waals surface area contributed by atoms with Crippen molar-refractivity contribution in [2.45, 2.75) is 0 Å². The third-order valence-electron chi connectivity index (χ3n) is 3.98. The average Bonchev–Trinajstić information content (AvgIpc) is 3.05. The number of aromatic amines is 1. The molecule has 24 heavy (non-hydrogen) atoms. The molecule has 5 heteroatoms. The lowest BCUT2D eigenvalue weighted by Crippen LogP contribution is -2.10. The number of carbonyl (C=O) groups excluding carboxylic acids is 1. The Balaban J connectivity index is 1.88. The maximum absolute atomic E-state index is 11.4. The Morgan fingerprint density at radius 3 is 2.67 bits per heavy atom. The number of benzene rings is 1. The number of primary amides is 1. The zero-order valence-electron chi connectivity index (χ0n) is 12.7. The van der Waals surface area contributed by atoms with E-state index in [4.69, 9.17) is 5.73 Å². The molecule has 0 aliphatic heterocycles. The van der Waals surface area contributed by atoms with Crippen LogP contribution in [0.4, 0.5) is 0 Å². The lowest BCUT2D eigenvalue weighted by molar-refractivity contribution is 0.100. The number of carbonyl (C=O) groups is 1. The van der Waals surface area contributed by atoms with Crippen LogP contribution in [0.1, 0.15) is 10.4 Å². The molecule has 0 atom stereocenters. The number of fused-ring (bicyclic) bond motifs is 1. The number of nitrogens with two attached hydrogens (primary N) is 1. The molecule has 4 rings (SSSR count). The summed E-state index contributed by atoms with van der Waals surface area (Å²) in [5.74, 6) is -0.439. The highest BCUT2D eigenvalue weighted by molar-refractivity contribution is 5.98. The minimum absolute atomic E-state index is 0.439. The number of nitrogens with one attached hydrogen (secondary N) is 1. The predicted molar refractivity (Wildman–Crippen MR) is 93.3 cm³/mol. The fraction of sp³-hybridized carbons (Fsp3) is 0. The first-order valence-corrected chi connectivity index (χ1v) is 7.50. The summed E-state index contributed by atoms with van der Waals surface area (Å²) in [6, 6.07) is 13.2. The van der Waals surface area contributed by atoms with Crippen molar-refractivity contribution >= 4 is 16.9 Å². The van der Waals surface area contributed by atoms with Crippen molar-refractivity contribution in [3.05, 3.63) is 72.8 Å². The highest BCUT2D eigenvalue weighted by Crippen LogP contribution is 2.31. The van der Waals surface area contributed by atoms with E-state index >= 15 is 0 Å². The highest BCUT2D eigenvalue weighted by atomic mass is 16.1. The molecule has 0 aliphatic carbocycles. The minimum atomic E-state index is -0.439. The van der Waals surface area contributed by atoms with E-state index in [0.717, 1.165) is 33.3 Å². The molecular formula is C19H14N4O. The van der Waals surface area contributed by atoms with E-state index in [1.807, 2.05) is 42.9 Å². The number of H-pyrrole nitrogens is 1. The molecule has 0 spiro atoms. The number of rotatable bonds is 3. The molecule has 1 amide bonds. The average molecular weight is 314 g/mol. The van der Waals surface area contributed by atoms with Gasteiger partial charge >= 0.3 is 0 Å². The van der Waals surface area contributed by atoms with E-state index in [-0.39, 0.29) is 0 Å². The lowest BCUT2D eigenvalue weighted by Gasteiger charge is -2.04. The molecule has 3 aromatic heterocycles. The fourth-order valence-electron chi connectivity index (χ4n) is 2.77. The summed E-state index contributed by atoms with van der Waals surface area (Å²) < 4.78 is 0. The molecule has 0 bridgehead atoms.